The molecular weight excluding hydrogens is 290 g/mol. The second-order valence-electron chi connectivity index (χ2n) is 4.69. The summed E-state index contributed by atoms with van der Waals surface area (Å²) >= 11 is 5.89. The van der Waals surface area contributed by atoms with E-state index in [1.165, 1.54) is 11.0 Å². The fraction of sp³-hybridized carbons (Fsp3) is 0.125. The van der Waals surface area contributed by atoms with Gasteiger partial charge in [0.1, 0.15) is 5.75 Å². The molecule has 1 aliphatic rings. The van der Waals surface area contributed by atoms with Crippen LogP contribution in [0.25, 0.3) is 0 Å². The summed E-state index contributed by atoms with van der Waals surface area (Å²) in [6.45, 7) is 0.281. The molecule has 2 aromatic rings. The molecule has 0 saturated carbocycles. The van der Waals surface area contributed by atoms with Crippen LogP contribution in [0.3, 0.4) is 0 Å². The predicted octanol–water partition coefficient (Wildman–Crippen LogP) is 3.08. The van der Waals surface area contributed by atoms with Crippen molar-refractivity contribution in [1.82, 2.24) is 0 Å². The molecule has 0 saturated heterocycles. The van der Waals surface area contributed by atoms with Gasteiger partial charge in [-0.3, -0.25) is 9.59 Å². The third-order valence-corrected chi connectivity index (χ3v) is 3.69. The van der Waals surface area contributed by atoms with Gasteiger partial charge in [-0.25, -0.2) is 0 Å². The summed E-state index contributed by atoms with van der Waals surface area (Å²) in [5, 5.41) is 0.439. The smallest absolute Gasteiger partial charge is 0.299 e. The van der Waals surface area contributed by atoms with E-state index in [0.29, 0.717) is 22.0 Å². The Morgan fingerprint density at radius 3 is 2.67 bits per heavy atom. The molecule has 3 rings (SSSR count). The number of fused-ring (bicyclic) bond motifs is 1. The Balaban J connectivity index is 2.01. The van der Waals surface area contributed by atoms with Crippen molar-refractivity contribution in [2.75, 3.05) is 12.0 Å². The number of methoxy groups -OCH3 is 1. The number of amides is 1. The van der Waals surface area contributed by atoms with Crippen LogP contribution in [0.1, 0.15) is 15.9 Å². The van der Waals surface area contributed by atoms with Crippen molar-refractivity contribution < 1.29 is 14.3 Å². The van der Waals surface area contributed by atoms with E-state index in [0.717, 1.165) is 5.56 Å². The van der Waals surface area contributed by atoms with Gasteiger partial charge in [0.25, 0.3) is 11.7 Å². The molecule has 1 aliphatic heterocycles. The predicted molar refractivity (Wildman–Crippen MR) is 80.0 cm³/mol. The van der Waals surface area contributed by atoms with Crippen LogP contribution in [0.2, 0.25) is 5.02 Å². The molecule has 0 bridgehead atoms. The highest BCUT2D eigenvalue weighted by Gasteiger charge is 2.36. The van der Waals surface area contributed by atoms with Crippen molar-refractivity contribution in [2.24, 2.45) is 0 Å². The summed E-state index contributed by atoms with van der Waals surface area (Å²) in [6.07, 6.45) is 0. The molecule has 0 radical (unpaired) electrons. The maximum atomic E-state index is 12.2. The zero-order valence-electron chi connectivity index (χ0n) is 11.3. The van der Waals surface area contributed by atoms with Crippen LogP contribution < -0.4 is 9.64 Å². The third kappa shape index (κ3) is 2.28. The van der Waals surface area contributed by atoms with E-state index in [9.17, 15) is 9.59 Å². The number of para-hydroxylation sites is 1. The second-order valence-corrected chi connectivity index (χ2v) is 5.13. The van der Waals surface area contributed by atoms with Gasteiger partial charge in [-0.1, -0.05) is 29.8 Å². The first kappa shape index (κ1) is 13.6. The molecule has 106 valence electrons. The molecule has 4 nitrogen and oxygen atoms in total. The normalized spacial score (nSPS) is 13.5. The molecule has 2 aromatic carbocycles. The maximum Gasteiger partial charge on any atom is 0.299 e. The highest BCUT2D eigenvalue weighted by Crippen LogP contribution is 2.33. The molecule has 0 unspecified atom stereocenters. The van der Waals surface area contributed by atoms with Crippen LogP contribution in [0.15, 0.2) is 42.5 Å². The number of hydrogen-bond acceptors (Lipinski definition) is 3. The molecule has 0 aromatic heterocycles. The Morgan fingerprint density at radius 2 is 1.90 bits per heavy atom. The monoisotopic (exact) mass is 301 g/mol. The number of anilines is 1. The SMILES string of the molecule is COc1ccccc1CN1C(=O)C(=O)c2cc(Cl)ccc21. The van der Waals surface area contributed by atoms with Gasteiger partial charge in [0.05, 0.1) is 24.9 Å². The Hall–Kier alpha value is -2.33. The van der Waals surface area contributed by atoms with Gasteiger partial charge in [0.2, 0.25) is 0 Å². The summed E-state index contributed by atoms with van der Waals surface area (Å²) in [4.78, 5) is 25.6. The average molecular weight is 302 g/mol. The Labute approximate surface area is 126 Å². The maximum absolute atomic E-state index is 12.2. The standard InChI is InChI=1S/C16H12ClNO3/c1-21-14-5-3-2-4-10(14)9-18-13-7-6-11(17)8-12(13)15(19)16(18)20/h2-8H,9H2,1H3. The van der Waals surface area contributed by atoms with Gasteiger partial charge >= 0.3 is 0 Å². The number of carbonyl (C=O) groups is 2. The summed E-state index contributed by atoms with van der Waals surface area (Å²) in [5.41, 5.74) is 1.77. The fourth-order valence-electron chi connectivity index (χ4n) is 2.43. The molecule has 0 spiro atoms. The summed E-state index contributed by atoms with van der Waals surface area (Å²) < 4.78 is 5.28. The third-order valence-electron chi connectivity index (χ3n) is 3.45. The van der Waals surface area contributed by atoms with E-state index in [2.05, 4.69) is 0 Å². The van der Waals surface area contributed by atoms with Crippen LogP contribution in [0.5, 0.6) is 5.75 Å². The lowest BCUT2D eigenvalue weighted by Crippen LogP contribution is -2.29. The lowest BCUT2D eigenvalue weighted by atomic mass is 10.1. The van der Waals surface area contributed by atoms with Gasteiger partial charge in [-0.15, -0.1) is 0 Å². The van der Waals surface area contributed by atoms with Gasteiger partial charge in [-0.05, 0) is 24.3 Å². The molecule has 0 N–H and O–H groups in total. The van der Waals surface area contributed by atoms with Gasteiger partial charge in [-0.2, -0.15) is 0 Å². The lowest BCUT2D eigenvalue weighted by molar-refractivity contribution is -0.114. The molecule has 0 fully saturated rings. The molecule has 1 heterocycles. The number of Topliss-reactive ketones (excluding diaryl/α,β-unsaturated/α-hetero) is 1. The average Bonchev–Trinajstić information content (AvgIpc) is 2.73. The summed E-state index contributed by atoms with van der Waals surface area (Å²) in [5.74, 6) is -0.388. The van der Waals surface area contributed by atoms with Gasteiger partial charge in [0, 0.05) is 10.6 Å². The molecule has 1 amide bonds. The van der Waals surface area contributed by atoms with E-state index >= 15 is 0 Å². The molecule has 0 aliphatic carbocycles. The number of ketones is 1. The van der Waals surface area contributed by atoms with E-state index in [4.69, 9.17) is 16.3 Å². The minimum absolute atomic E-state index is 0.281. The van der Waals surface area contributed by atoms with E-state index in [1.54, 1.807) is 19.2 Å². The van der Waals surface area contributed by atoms with Crippen molar-refractivity contribution in [3.63, 3.8) is 0 Å². The van der Waals surface area contributed by atoms with Crippen LogP contribution >= 0.6 is 11.6 Å². The van der Waals surface area contributed by atoms with Gasteiger partial charge in [0.15, 0.2) is 0 Å². The Bertz CT molecular complexity index is 742. The van der Waals surface area contributed by atoms with E-state index in [1.807, 2.05) is 24.3 Å². The second kappa shape index (κ2) is 5.22. The Morgan fingerprint density at radius 1 is 1.14 bits per heavy atom. The minimum Gasteiger partial charge on any atom is -0.496 e. The highest BCUT2D eigenvalue weighted by atomic mass is 35.5. The number of hydrogen-bond donors (Lipinski definition) is 0. The van der Waals surface area contributed by atoms with Gasteiger partial charge < -0.3 is 9.64 Å². The quantitative estimate of drug-likeness (QED) is 0.819. The molecule has 21 heavy (non-hydrogen) atoms. The summed E-state index contributed by atoms with van der Waals surface area (Å²) in [6, 6.07) is 12.3. The Kier molecular flexibility index (Phi) is 3.39. The lowest BCUT2D eigenvalue weighted by Gasteiger charge is -2.18. The number of halogens is 1. The van der Waals surface area contributed by atoms with Crippen molar-refractivity contribution in [3.8, 4) is 5.75 Å². The topological polar surface area (TPSA) is 46.6 Å². The fourth-order valence-corrected chi connectivity index (χ4v) is 2.61. The number of ether oxygens (including phenoxy) is 1. The van der Waals surface area contributed by atoms with Crippen LogP contribution in [0.4, 0.5) is 5.69 Å². The molecule has 0 atom stereocenters. The summed E-state index contributed by atoms with van der Waals surface area (Å²) in [7, 11) is 1.57. The number of benzene rings is 2. The first-order valence-electron chi connectivity index (χ1n) is 6.39. The number of nitrogens with zero attached hydrogens (tertiary/aromatic N) is 1. The van der Waals surface area contributed by atoms with Crippen molar-refractivity contribution in [1.29, 1.82) is 0 Å². The largest absolute Gasteiger partial charge is 0.496 e. The number of carbonyl (C=O) groups excluding carboxylic acids is 2. The first-order chi connectivity index (χ1) is 10.1. The van der Waals surface area contributed by atoms with Crippen molar-refractivity contribution in [3.05, 3.63) is 58.6 Å². The zero-order valence-corrected chi connectivity index (χ0v) is 12.1. The zero-order chi connectivity index (χ0) is 15.0. The van der Waals surface area contributed by atoms with Crippen molar-refractivity contribution >= 4 is 29.0 Å². The number of rotatable bonds is 3. The van der Waals surface area contributed by atoms with E-state index < -0.39 is 11.7 Å². The van der Waals surface area contributed by atoms with Crippen LogP contribution in [-0.2, 0) is 11.3 Å². The van der Waals surface area contributed by atoms with E-state index in [-0.39, 0.29) is 6.54 Å². The minimum atomic E-state index is -0.543. The molecular formula is C16H12ClNO3. The van der Waals surface area contributed by atoms with Crippen LogP contribution in [-0.4, -0.2) is 18.8 Å². The highest BCUT2D eigenvalue weighted by molar-refractivity contribution is 6.52. The van der Waals surface area contributed by atoms with Crippen LogP contribution in [0, 0.1) is 0 Å². The van der Waals surface area contributed by atoms with Crippen molar-refractivity contribution in [2.45, 2.75) is 6.54 Å². The molecule has 5 heteroatoms. The first-order valence-corrected chi connectivity index (χ1v) is 6.77.